The fourth-order valence-corrected chi connectivity index (χ4v) is 1.82. The van der Waals surface area contributed by atoms with E-state index in [0.29, 0.717) is 6.42 Å². The molecule has 21 heavy (non-hydrogen) atoms. The molecule has 1 rings (SSSR count). The van der Waals surface area contributed by atoms with Gasteiger partial charge in [-0.25, -0.2) is 4.39 Å². The molecular weight excluding hydrogens is 290 g/mol. The van der Waals surface area contributed by atoms with Gasteiger partial charge >= 0.3 is 6.18 Å². The van der Waals surface area contributed by atoms with E-state index in [4.69, 9.17) is 10.9 Å². The van der Waals surface area contributed by atoms with E-state index in [1.807, 2.05) is 0 Å². The van der Waals surface area contributed by atoms with Crippen molar-refractivity contribution in [1.82, 2.24) is 5.32 Å². The zero-order valence-electron chi connectivity index (χ0n) is 11.4. The van der Waals surface area contributed by atoms with Crippen molar-refractivity contribution in [1.29, 1.82) is 0 Å². The zero-order valence-corrected chi connectivity index (χ0v) is 11.4. The molecule has 1 aromatic rings. The van der Waals surface area contributed by atoms with Crippen LogP contribution in [0.3, 0.4) is 0 Å². The third-order valence-electron chi connectivity index (χ3n) is 2.99. The summed E-state index contributed by atoms with van der Waals surface area (Å²) < 4.78 is 50.9. The van der Waals surface area contributed by atoms with E-state index in [-0.39, 0.29) is 11.9 Å². The molecule has 2 unspecified atom stereocenters. The maximum Gasteiger partial charge on any atom is 0.400 e. The number of alkyl halides is 3. The minimum absolute atomic E-state index is 0.285. The Morgan fingerprint density at radius 2 is 1.90 bits per heavy atom. The molecule has 0 amide bonds. The summed E-state index contributed by atoms with van der Waals surface area (Å²) in [7, 11) is 0. The van der Waals surface area contributed by atoms with Gasteiger partial charge in [-0.15, -0.1) is 0 Å². The number of amidine groups is 1. The topological polar surface area (TPSA) is 70.6 Å². The largest absolute Gasteiger partial charge is 0.409 e. The summed E-state index contributed by atoms with van der Waals surface area (Å²) in [6.45, 7) is 1.20. The number of halogens is 4. The van der Waals surface area contributed by atoms with Gasteiger partial charge in [0.15, 0.2) is 5.84 Å². The Labute approximate surface area is 119 Å². The van der Waals surface area contributed by atoms with Crippen LogP contribution in [0.2, 0.25) is 0 Å². The highest BCUT2D eigenvalue weighted by atomic mass is 19.4. The van der Waals surface area contributed by atoms with Crippen LogP contribution in [0.4, 0.5) is 17.6 Å². The zero-order chi connectivity index (χ0) is 16.0. The number of rotatable bonds is 6. The Morgan fingerprint density at radius 3 is 2.38 bits per heavy atom. The second-order valence-electron chi connectivity index (χ2n) is 4.76. The normalized spacial score (nSPS) is 15.8. The molecule has 0 saturated carbocycles. The van der Waals surface area contributed by atoms with Gasteiger partial charge in [0.2, 0.25) is 0 Å². The molecule has 0 aromatic heterocycles. The average molecular weight is 307 g/mol. The lowest BCUT2D eigenvalue weighted by molar-refractivity contribution is -0.155. The molecule has 0 spiro atoms. The number of nitrogens with two attached hydrogens (primary N) is 1. The maximum atomic E-state index is 12.7. The van der Waals surface area contributed by atoms with Gasteiger partial charge in [-0.1, -0.05) is 17.3 Å². The maximum absolute atomic E-state index is 12.7. The monoisotopic (exact) mass is 307 g/mol. The molecule has 0 radical (unpaired) electrons. The molecular formula is C13H17F4N3O. The van der Waals surface area contributed by atoms with Crippen LogP contribution in [0, 0.1) is 11.7 Å². The van der Waals surface area contributed by atoms with E-state index >= 15 is 0 Å². The van der Waals surface area contributed by atoms with Crippen molar-refractivity contribution < 1.29 is 22.8 Å². The van der Waals surface area contributed by atoms with Crippen LogP contribution in [-0.2, 0) is 6.42 Å². The second-order valence-corrected chi connectivity index (χ2v) is 4.76. The van der Waals surface area contributed by atoms with Crippen molar-refractivity contribution in [3.8, 4) is 0 Å². The molecule has 4 N–H and O–H groups in total. The Bertz CT molecular complexity index is 473. The first-order valence-electron chi connectivity index (χ1n) is 6.26. The third-order valence-corrected chi connectivity index (χ3v) is 2.99. The van der Waals surface area contributed by atoms with Crippen molar-refractivity contribution in [2.24, 2.45) is 16.8 Å². The molecule has 0 saturated heterocycles. The molecule has 1 aromatic carbocycles. The van der Waals surface area contributed by atoms with Crippen LogP contribution < -0.4 is 11.1 Å². The summed E-state index contributed by atoms with van der Waals surface area (Å²) in [4.78, 5) is 0. The molecule has 0 bridgehead atoms. The number of hydrogen-bond acceptors (Lipinski definition) is 3. The highest BCUT2D eigenvalue weighted by molar-refractivity contribution is 5.83. The summed E-state index contributed by atoms with van der Waals surface area (Å²) in [6.07, 6.45) is -4.17. The Balaban J connectivity index is 2.57. The van der Waals surface area contributed by atoms with Crippen LogP contribution >= 0.6 is 0 Å². The first kappa shape index (κ1) is 17.2. The summed E-state index contributed by atoms with van der Waals surface area (Å²) in [5.41, 5.74) is 5.85. The Morgan fingerprint density at radius 1 is 1.33 bits per heavy atom. The highest BCUT2D eigenvalue weighted by Gasteiger charge is 2.42. The molecule has 2 atom stereocenters. The van der Waals surface area contributed by atoms with E-state index in [1.165, 1.54) is 12.1 Å². The minimum Gasteiger partial charge on any atom is -0.409 e. The second kappa shape index (κ2) is 7.26. The van der Waals surface area contributed by atoms with E-state index in [9.17, 15) is 17.6 Å². The first-order chi connectivity index (χ1) is 9.74. The lowest BCUT2D eigenvalue weighted by Gasteiger charge is -2.22. The van der Waals surface area contributed by atoms with Crippen LogP contribution in [0.5, 0.6) is 0 Å². The lowest BCUT2D eigenvalue weighted by atomic mass is 10.0. The van der Waals surface area contributed by atoms with Crippen molar-refractivity contribution in [3.05, 3.63) is 35.6 Å². The van der Waals surface area contributed by atoms with Gasteiger partial charge < -0.3 is 16.3 Å². The predicted molar refractivity (Wildman–Crippen MR) is 70.5 cm³/mol. The Kier molecular flexibility index (Phi) is 5.95. The average Bonchev–Trinajstić information content (AvgIpc) is 2.39. The summed E-state index contributed by atoms with van der Waals surface area (Å²) in [5.74, 6) is -3.31. The van der Waals surface area contributed by atoms with Gasteiger partial charge in [-0.2, -0.15) is 13.2 Å². The minimum atomic E-state index is -4.60. The van der Waals surface area contributed by atoms with E-state index < -0.39 is 24.5 Å². The third kappa shape index (κ3) is 5.58. The standard InChI is InChI=1S/C13H17F4N3O/c1-8(6-9-2-4-10(14)5-3-9)19-7-11(12(18)20-21)13(15,16)17/h2-5,8,11,19,21H,6-7H2,1H3,(H2,18,20). The van der Waals surface area contributed by atoms with E-state index in [0.717, 1.165) is 5.56 Å². The van der Waals surface area contributed by atoms with Crippen LogP contribution in [0.15, 0.2) is 29.4 Å². The van der Waals surface area contributed by atoms with E-state index in [2.05, 4.69) is 10.5 Å². The van der Waals surface area contributed by atoms with Crippen molar-refractivity contribution in [2.45, 2.75) is 25.6 Å². The first-order valence-corrected chi connectivity index (χ1v) is 6.26. The number of nitrogens with one attached hydrogen (secondary N) is 1. The number of nitrogens with zero attached hydrogens (tertiary/aromatic N) is 1. The van der Waals surface area contributed by atoms with Gasteiger partial charge in [0.05, 0.1) is 0 Å². The lowest BCUT2D eigenvalue weighted by Crippen LogP contribution is -2.45. The summed E-state index contributed by atoms with van der Waals surface area (Å²) in [5, 5.41) is 13.5. The van der Waals surface area contributed by atoms with Crippen LogP contribution in [0.25, 0.3) is 0 Å². The van der Waals surface area contributed by atoms with Gasteiger partial charge in [-0.05, 0) is 31.0 Å². The van der Waals surface area contributed by atoms with Crippen molar-refractivity contribution in [2.75, 3.05) is 6.54 Å². The smallest absolute Gasteiger partial charge is 0.400 e. The molecule has 0 aliphatic carbocycles. The van der Waals surface area contributed by atoms with Gasteiger partial charge in [0.1, 0.15) is 11.7 Å². The molecule has 118 valence electrons. The van der Waals surface area contributed by atoms with Gasteiger partial charge in [0, 0.05) is 12.6 Å². The molecule has 4 nitrogen and oxygen atoms in total. The van der Waals surface area contributed by atoms with Crippen LogP contribution in [-0.4, -0.2) is 29.8 Å². The number of hydrogen-bond donors (Lipinski definition) is 3. The molecule has 8 heteroatoms. The van der Waals surface area contributed by atoms with E-state index in [1.54, 1.807) is 19.1 Å². The molecule has 0 heterocycles. The molecule has 0 aliphatic heterocycles. The van der Waals surface area contributed by atoms with Crippen LogP contribution in [0.1, 0.15) is 12.5 Å². The van der Waals surface area contributed by atoms with Gasteiger partial charge in [0.25, 0.3) is 0 Å². The number of oxime groups is 1. The SMILES string of the molecule is CC(Cc1ccc(F)cc1)NCC(/C(N)=N/O)C(F)(F)F. The predicted octanol–water partition coefficient (Wildman–Crippen LogP) is 2.27. The molecule has 0 aliphatic rings. The fraction of sp³-hybridized carbons (Fsp3) is 0.462. The quantitative estimate of drug-likeness (QED) is 0.248. The van der Waals surface area contributed by atoms with Gasteiger partial charge in [-0.3, -0.25) is 0 Å². The van der Waals surface area contributed by atoms with Crippen molar-refractivity contribution in [3.63, 3.8) is 0 Å². The fourth-order valence-electron chi connectivity index (χ4n) is 1.82. The number of benzene rings is 1. The summed E-state index contributed by atoms with van der Waals surface area (Å²) >= 11 is 0. The molecule has 0 fully saturated rings. The highest BCUT2D eigenvalue weighted by Crippen LogP contribution is 2.26. The Hall–Kier alpha value is -1.83. The summed E-state index contributed by atoms with van der Waals surface area (Å²) in [6, 6.07) is 5.43. The van der Waals surface area contributed by atoms with Crippen molar-refractivity contribution >= 4 is 5.84 Å².